The van der Waals surface area contributed by atoms with E-state index >= 15 is 0 Å². The van der Waals surface area contributed by atoms with E-state index in [9.17, 15) is 9.59 Å². The van der Waals surface area contributed by atoms with Gasteiger partial charge in [0.2, 0.25) is 6.79 Å². The molecule has 0 N–H and O–H groups in total. The lowest BCUT2D eigenvalue weighted by Gasteiger charge is -2.05. The van der Waals surface area contributed by atoms with Crippen LogP contribution in [-0.2, 0) is 6.54 Å². The molecule has 6 nitrogen and oxygen atoms in total. The average molecular weight is 384 g/mol. The lowest BCUT2D eigenvalue weighted by Crippen LogP contribution is -2.26. The number of fused-ring (bicyclic) bond motifs is 1. The first kappa shape index (κ1) is 13.1. The number of benzene rings is 1. The second kappa shape index (κ2) is 5.23. The zero-order valence-electron chi connectivity index (χ0n) is 10.2. The van der Waals surface area contributed by atoms with Crippen LogP contribution in [0.1, 0.15) is 10.4 Å². The predicted octanol–water partition coefficient (Wildman–Crippen LogP) is 1.46. The first-order valence-electron chi connectivity index (χ1n) is 5.78. The van der Waals surface area contributed by atoms with Gasteiger partial charge < -0.3 is 9.47 Å². The molecule has 102 valence electrons. The molecule has 20 heavy (non-hydrogen) atoms. The molecule has 2 heterocycles. The molecule has 0 aliphatic carbocycles. The van der Waals surface area contributed by atoms with Crippen molar-refractivity contribution in [3.05, 3.63) is 50.2 Å². The van der Waals surface area contributed by atoms with Gasteiger partial charge in [-0.1, -0.05) is 0 Å². The first-order chi connectivity index (χ1) is 9.65. The van der Waals surface area contributed by atoms with Crippen LogP contribution in [0.2, 0.25) is 0 Å². The predicted molar refractivity (Wildman–Crippen MR) is 78.1 cm³/mol. The summed E-state index contributed by atoms with van der Waals surface area (Å²) in [5.41, 5.74) is 0.245. The normalized spacial score (nSPS) is 12.4. The highest BCUT2D eigenvalue weighted by atomic mass is 127. The highest BCUT2D eigenvalue weighted by Crippen LogP contribution is 2.32. The van der Waals surface area contributed by atoms with E-state index in [1.807, 2.05) is 22.6 Å². The van der Waals surface area contributed by atoms with Crippen LogP contribution in [0.15, 0.2) is 35.5 Å². The van der Waals surface area contributed by atoms with Crippen LogP contribution < -0.4 is 15.0 Å². The number of rotatable bonds is 3. The Kier molecular flexibility index (Phi) is 3.43. The van der Waals surface area contributed by atoms with Gasteiger partial charge in [-0.05, 0) is 40.8 Å². The van der Waals surface area contributed by atoms with Crippen LogP contribution in [0.25, 0.3) is 0 Å². The minimum Gasteiger partial charge on any atom is -0.454 e. The van der Waals surface area contributed by atoms with Crippen molar-refractivity contribution in [1.82, 2.24) is 9.55 Å². The largest absolute Gasteiger partial charge is 0.454 e. The zero-order chi connectivity index (χ0) is 14.1. The Morgan fingerprint density at radius 1 is 1.35 bits per heavy atom. The van der Waals surface area contributed by atoms with Gasteiger partial charge in [0, 0.05) is 11.8 Å². The number of ether oxygens (including phenoxy) is 2. The highest BCUT2D eigenvalue weighted by Gasteiger charge is 2.16. The van der Waals surface area contributed by atoms with Gasteiger partial charge in [0.1, 0.15) is 0 Å². The summed E-state index contributed by atoms with van der Waals surface area (Å²) in [4.78, 5) is 27.9. The molecule has 0 bridgehead atoms. The average Bonchev–Trinajstić information content (AvgIpc) is 2.91. The number of carbonyl (C=O) groups excluding carboxylic acids is 1. The summed E-state index contributed by atoms with van der Waals surface area (Å²) in [6.07, 6.45) is 2.82. The molecule has 0 unspecified atom stereocenters. The summed E-state index contributed by atoms with van der Waals surface area (Å²) >= 11 is 1.89. The summed E-state index contributed by atoms with van der Waals surface area (Å²) in [5, 5.41) is 0. The van der Waals surface area contributed by atoms with Crippen LogP contribution >= 0.6 is 22.6 Å². The molecule has 1 aromatic heterocycles. The monoisotopic (exact) mass is 384 g/mol. The third-order valence-corrected chi connectivity index (χ3v) is 3.61. The Morgan fingerprint density at radius 3 is 3.00 bits per heavy atom. The van der Waals surface area contributed by atoms with Gasteiger partial charge in [-0.2, -0.15) is 0 Å². The Balaban J connectivity index is 1.86. The number of nitrogens with zero attached hydrogens (tertiary/aromatic N) is 2. The molecule has 0 fully saturated rings. The number of carbonyl (C=O) groups is 1. The molecule has 2 aromatic rings. The van der Waals surface area contributed by atoms with Crippen LogP contribution in [0.5, 0.6) is 11.5 Å². The Bertz CT molecular complexity index is 741. The third kappa shape index (κ3) is 2.40. The smallest absolute Gasteiger partial charge is 0.267 e. The summed E-state index contributed by atoms with van der Waals surface area (Å²) < 4.78 is 12.2. The molecule has 1 aliphatic rings. The first-order valence-corrected chi connectivity index (χ1v) is 6.86. The summed E-state index contributed by atoms with van der Waals surface area (Å²) in [6.45, 7) is 0.107. The Hall–Kier alpha value is -1.90. The molecule has 1 aromatic carbocycles. The van der Waals surface area contributed by atoms with Gasteiger partial charge in [-0.3, -0.25) is 14.2 Å². The molecule has 0 amide bonds. The van der Waals surface area contributed by atoms with Crippen molar-refractivity contribution in [1.29, 1.82) is 0 Å². The lowest BCUT2D eigenvalue weighted by atomic mass is 10.1. The maximum absolute atomic E-state index is 12.2. The van der Waals surface area contributed by atoms with Crippen molar-refractivity contribution >= 4 is 28.4 Å². The maximum atomic E-state index is 12.2. The quantitative estimate of drug-likeness (QED) is 0.592. The fourth-order valence-electron chi connectivity index (χ4n) is 1.85. The van der Waals surface area contributed by atoms with Gasteiger partial charge >= 0.3 is 0 Å². The van der Waals surface area contributed by atoms with Gasteiger partial charge in [0.15, 0.2) is 17.3 Å². The third-order valence-electron chi connectivity index (χ3n) is 2.87. The number of Topliss-reactive ketones (excluding diaryl/α,β-unsaturated/α-hetero) is 1. The number of hydrogen-bond acceptors (Lipinski definition) is 5. The van der Waals surface area contributed by atoms with Crippen molar-refractivity contribution in [2.45, 2.75) is 6.54 Å². The minimum atomic E-state index is -0.227. The zero-order valence-corrected chi connectivity index (χ0v) is 12.4. The van der Waals surface area contributed by atoms with Crippen LogP contribution in [0.3, 0.4) is 0 Å². The molecule has 0 saturated carbocycles. The SMILES string of the molecule is O=C(Cn1cncc(I)c1=O)c1ccc2c(c1)OCO2. The topological polar surface area (TPSA) is 70.4 Å². The second-order valence-corrected chi connectivity index (χ2v) is 5.33. The van der Waals surface area contributed by atoms with E-state index in [2.05, 4.69) is 4.98 Å². The van der Waals surface area contributed by atoms with Crippen LogP contribution in [0.4, 0.5) is 0 Å². The molecular weight excluding hydrogens is 375 g/mol. The Morgan fingerprint density at radius 2 is 2.15 bits per heavy atom. The highest BCUT2D eigenvalue weighted by molar-refractivity contribution is 14.1. The summed E-state index contributed by atoms with van der Waals surface area (Å²) in [5.74, 6) is 0.979. The fourth-order valence-corrected chi connectivity index (χ4v) is 2.32. The molecule has 3 rings (SSSR count). The van der Waals surface area contributed by atoms with Crippen molar-refractivity contribution < 1.29 is 14.3 Å². The van der Waals surface area contributed by atoms with Crippen LogP contribution in [-0.4, -0.2) is 22.1 Å². The Labute approximate surface area is 127 Å². The van der Waals surface area contributed by atoms with Crippen LogP contribution in [0, 0.1) is 3.57 Å². The molecule has 7 heteroatoms. The van der Waals surface area contributed by atoms with E-state index in [-0.39, 0.29) is 24.7 Å². The molecule has 1 aliphatic heterocycles. The molecular formula is C13H9IN2O4. The number of hydrogen-bond donors (Lipinski definition) is 0. The van der Waals surface area contributed by atoms with Gasteiger partial charge in [-0.25, -0.2) is 4.98 Å². The number of halogens is 1. The van der Waals surface area contributed by atoms with Crippen molar-refractivity contribution in [2.24, 2.45) is 0 Å². The van der Waals surface area contributed by atoms with Crippen molar-refractivity contribution in [3.8, 4) is 11.5 Å². The standard InChI is InChI=1S/C13H9IN2O4/c14-9-4-15-6-16(13(9)18)5-10(17)8-1-2-11-12(3-8)20-7-19-11/h1-4,6H,5,7H2. The van der Waals surface area contributed by atoms with Gasteiger partial charge in [0.25, 0.3) is 5.56 Å². The molecule has 0 atom stereocenters. The van der Waals surface area contributed by atoms with Gasteiger partial charge in [0.05, 0.1) is 16.4 Å². The van der Waals surface area contributed by atoms with E-state index in [4.69, 9.17) is 9.47 Å². The minimum absolute atomic E-state index is 0.0533. The molecule has 0 spiro atoms. The number of ketones is 1. The van der Waals surface area contributed by atoms with Crippen molar-refractivity contribution in [3.63, 3.8) is 0 Å². The van der Waals surface area contributed by atoms with Gasteiger partial charge in [-0.15, -0.1) is 0 Å². The van der Waals surface area contributed by atoms with E-state index < -0.39 is 0 Å². The molecule has 0 saturated heterocycles. The maximum Gasteiger partial charge on any atom is 0.267 e. The number of aromatic nitrogens is 2. The summed E-state index contributed by atoms with van der Waals surface area (Å²) in [6, 6.07) is 4.96. The van der Waals surface area contributed by atoms with Crippen molar-refractivity contribution in [2.75, 3.05) is 6.79 Å². The second-order valence-electron chi connectivity index (χ2n) is 4.17. The summed E-state index contributed by atoms with van der Waals surface area (Å²) in [7, 11) is 0. The molecule has 0 radical (unpaired) electrons. The van der Waals surface area contributed by atoms with E-state index in [0.29, 0.717) is 20.6 Å². The van der Waals surface area contributed by atoms with E-state index in [1.54, 1.807) is 18.2 Å². The fraction of sp³-hybridized carbons (Fsp3) is 0.154. The van der Waals surface area contributed by atoms with E-state index in [1.165, 1.54) is 17.1 Å². The lowest BCUT2D eigenvalue weighted by molar-refractivity contribution is 0.0970. The van der Waals surface area contributed by atoms with E-state index in [0.717, 1.165) is 0 Å².